The molecular weight excluding hydrogens is 236 g/mol. The molecule has 1 aromatic carbocycles. The molecule has 100 valence electrons. The van der Waals surface area contributed by atoms with E-state index < -0.39 is 0 Å². The Morgan fingerprint density at radius 3 is 2.53 bits per heavy atom. The zero-order chi connectivity index (χ0) is 14.0. The van der Waals surface area contributed by atoms with Crippen LogP contribution in [0.2, 0.25) is 0 Å². The number of aryl methyl sites for hydroxylation is 3. The van der Waals surface area contributed by atoms with Crippen molar-refractivity contribution in [2.45, 2.75) is 27.2 Å². The minimum Gasteiger partial charge on any atom is -0.494 e. The summed E-state index contributed by atoms with van der Waals surface area (Å²) in [5.41, 5.74) is 12.6. The average molecular weight is 256 g/mol. The summed E-state index contributed by atoms with van der Waals surface area (Å²) in [6.45, 7) is 6.20. The van der Waals surface area contributed by atoms with Crippen LogP contribution in [0.5, 0.6) is 5.75 Å². The van der Waals surface area contributed by atoms with Crippen molar-refractivity contribution in [1.29, 1.82) is 0 Å². The summed E-state index contributed by atoms with van der Waals surface area (Å²) in [6.07, 6.45) is 4.53. The molecule has 19 heavy (non-hydrogen) atoms. The molecule has 0 atom stereocenters. The molecule has 3 heteroatoms. The summed E-state index contributed by atoms with van der Waals surface area (Å²) in [4.78, 5) is 4.17. The molecule has 0 unspecified atom stereocenters. The molecule has 0 aliphatic carbocycles. The van der Waals surface area contributed by atoms with E-state index in [-0.39, 0.29) is 0 Å². The fourth-order valence-electron chi connectivity index (χ4n) is 2.37. The van der Waals surface area contributed by atoms with E-state index in [1.54, 1.807) is 13.3 Å². The van der Waals surface area contributed by atoms with Crippen molar-refractivity contribution in [3.8, 4) is 16.9 Å². The highest BCUT2D eigenvalue weighted by molar-refractivity contribution is 5.76. The second-order valence-electron chi connectivity index (χ2n) is 4.75. The van der Waals surface area contributed by atoms with E-state index in [9.17, 15) is 0 Å². The Bertz CT molecular complexity index is 606. The quantitative estimate of drug-likeness (QED) is 0.855. The van der Waals surface area contributed by atoms with E-state index in [4.69, 9.17) is 10.5 Å². The largest absolute Gasteiger partial charge is 0.494 e. The summed E-state index contributed by atoms with van der Waals surface area (Å²) in [7, 11) is 1.67. The first-order chi connectivity index (χ1) is 9.08. The predicted octanol–water partition coefficient (Wildman–Crippen LogP) is 3.52. The number of hydrogen-bond acceptors (Lipinski definition) is 3. The van der Waals surface area contributed by atoms with E-state index in [2.05, 4.69) is 24.0 Å². The van der Waals surface area contributed by atoms with Gasteiger partial charge in [0.05, 0.1) is 13.3 Å². The van der Waals surface area contributed by atoms with Gasteiger partial charge < -0.3 is 10.5 Å². The van der Waals surface area contributed by atoms with Crippen LogP contribution in [0, 0.1) is 13.8 Å². The normalized spacial score (nSPS) is 10.5. The Kier molecular flexibility index (Phi) is 3.74. The van der Waals surface area contributed by atoms with Gasteiger partial charge in [-0.1, -0.05) is 6.92 Å². The zero-order valence-electron chi connectivity index (χ0n) is 11.9. The number of nitrogens with two attached hydrogens (primary N) is 1. The molecule has 0 amide bonds. The fourth-order valence-corrected chi connectivity index (χ4v) is 2.37. The highest BCUT2D eigenvalue weighted by Gasteiger charge is 2.12. The SMILES string of the molecule is CCc1cc(-c2c(C)cncc2OC)cc(C)c1N. The van der Waals surface area contributed by atoms with Crippen molar-refractivity contribution >= 4 is 5.69 Å². The monoisotopic (exact) mass is 256 g/mol. The van der Waals surface area contributed by atoms with Crippen molar-refractivity contribution < 1.29 is 4.74 Å². The molecule has 0 spiro atoms. The number of methoxy groups -OCH3 is 1. The molecule has 0 saturated heterocycles. The third-order valence-corrected chi connectivity index (χ3v) is 3.46. The molecule has 0 aliphatic heterocycles. The Labute approximate surface area is 114 Å². The van der Waals surface area contributed by atoms with Crippen LogP contribution < -0.4 is 10.5 Å². The lowest BCUT2D eigenvalue weighted by Gasteiger charge is -2.15. The Morgan fingerprint density at radius 2 is 1.89 bits per heavy atom. The van der Waals surface area contributed by atoms with E-state index >= 15 is 0 Å². The van der Waals surface area contributed by atoms with E-state index in [1.807, 2.05) is 20.0 Å². The summed E-state index contributed by atoms with van der Waals surface area (Å²) in [5, 5.41) is 0. The van der Waals surface area contributed by atoms with Crippen molar-refractivity contribution in [1.82, 2.24) is 4.98 Å². The fraction of sp³-hybridized carbons (Fsp3) is 0.312. The van der Waals surface area contributed by atoms with Crippen LogP contribution in [0.4, 0.5) is 5.69 Å². The Morgan fingerprint density at radius 1 is 1.16 bits per heavy atom. The minimum atomic E-state index is 0.797. The van der Waals surface area contributed by atoms with Crippen LogP contribution in [0.15, 0.2) is 24.5 Å². The predicted molar refractivity (Wildman–Crippen MR) is 79.5 cm³/mol. The smallest absolute Gasteiger partial charge is 0.145 e. The lowest BCUT2D eigenvalue weighted by Crippen LogP contribution is -1.99. The van der Waals surface area contributed by atoms with Crippen molar-refractivity contribution in [2.75, 3.05) is 12.8 Å². The summed E-state index contributed by atoms with van der Waals surface area (Å²) < 4.78 is 5.43. The highest BCUT2D eigenvalue weighted by atomic mass is 16.5. The maximum absolute atomic E-state index is 6.11. The van der Waals surface area contributed by atoms with Gasteiger partial charge in [0.25, 0.3) is 0 Å². The molecule has 2 N–H and O–H groups in total. The zero-order valence-corrected chi connectivity index (χ0v) is 11.9. The number of benzene rings is 1. The van der Waals surface area contributed by atoms with Gasteiger partial charge in [-0.25, -0.2) is 0 Å². The van der Waals surface area contributed by atoms with Gasteiger partial charge in [0, 0.05) is 17.4 Å². The molecule has 1 aromatic heterocycles. The maximum atomic E-state index is 6.11. The lowest BCUT2D eigenvalue weighted by atomic mass is 9.95. The Hall–Kier alpha value is -2.03. The van der Waals surface area contributed by atoms with Gasteiger partial charge in [0.2, 0.25) is 0 Å². The number of aromatic nitrogens is 1. The van der Waals surface area contributed by atoms with Crippen LogP contribution >= 0.6 is 0 Å². The van der Waals surface area contributed by atoms with Gasteiger partial charge in [0.15, 0.2) is 0 Å². The van der Waals surface area contributed by atoms with Gasteiger partial charge in [-0.2, -0.15) is 0 Å². The van der Waals surface area contributed by atoms with Gasteiger partial charge >= 0.3 is 0 Å². The molecule has 0 saturated carbocycles. The Balaban J connectivity index is 2.69. The number of rotatable bonds is 3. The molecule has 0 aliphatic rings. The van der Waals surface area contributed by atoms with Gasteiger partial charge in [-0.05, 0) is 54.7 Å². The molecular formula is C16H20N2O. The summed E-state index contributed by atoms with van der Waals surface area (Å²) >= 11 is 0. The number of nitrogens with zero attached hydrogens (tertiary/aromatic N) is 1. The number of ether oxygens (including phenoxy) is 1. The highest BCUT2D eigenvalue weighted by Crippen LogP contribution is 2.35. The number of hydrogen-bond donors (Lipinski definition) is 1. The van der Waals surface area contributed by atoms with E-state index in [0.29, 0.717) is 0 Å². The van der Waals surface area contributed by atoms with Crippen LogP contribution in [-0.4, -0.2) is 12.1 Å². The van der Waals surface area contributed by atoms with Crippen molar-refractivity contribution in [2.24, 2.45) is 0 Å². The van der Waals surface area contributed by atoms with Crippen molar-refractivity contribution in [3.63, 3.8) is 0 Å². The van der Waals surface area contributed by atoms with Gasteiger partial charge in [-0.3, -0.25) is 4.98 Å². The third-order valence-electron chi connectivity index (χ3n) is 3.46. The molecule has 2 aromatic rings. The topological polar surface area (TPSA) is 48.1 Å². The molecule has 2 rings (SSSR count). The first-order valence-corrected chi connectivity index (χ1v) is 6.46. The summed E-state index contributed by atoms with van der Waals surface area (Å²) in [5.74, 6) is 0.797. The van der Waals surface area contributed by atoms with Gasteiger partial charge in [0.1, 0.15) is 5.75 Å². The molecule has 3 nitrogen and oxygen atoms in total. The first-order valence-electron chi connectivity index (χ1n) is 6.46. The second-order valence-corrected chi connectivity index (χ2v) is 4.75. The number of anilines is 1. The standard InChI is InChI=1S/C16H20N2O/c1-5-12-7-13(6-10(2)16(12)17)15-11(3)8-18-9-14(15)19-4/h6-9H,5,17H2,1-4H3. The average Bonchev–Trinajstić information content (AvgIpc) is 2.41. The van der Waals surface area contributed by atoms with Gasteiger partial charge in [-0.15, -0.1) is 0 Å². The van der Waals surface area contributed by atoms with Crippen LogP contribution in [0.3, 0.4) is 0 Å². The minimum absolute atomic E-state index is 0.797. The number of pyridine rings is 1. The molecule has 0 fully saturated rings. The molecule has 0 bridgehead atoms. The maximum Gasteiger partial charge on any atom is 0.145 e. The van der Waals surface area contributed by atoms with Crippen LogP contribution in [-0.2, 0) is 6.42 Å². The third kappa shape index (κ3) is 2.41. The van der Waals surface area contributed by atoms with E-state index in [1.165, 1.54) is 5.56 Å². The first kappa shape index (κ1) is 13.4. The lowest BCUT2D eigenvalue weighted by molar-refractivity contribution is 0.414. The summed E-state index contributed by atoms with van der Waals surface area (Å²) in [6, 6.07) is 4.26. The second kappa shape index (κ2) is 5.31. The van der Waals surface area contributed by atoms with Crippen LogP contribution in [0.1, 0.15) is 23.6 Å². The molecule has 1 heterocycles. The number of nitrogen functional groups attached to an aromatic ring is 1. The van der Waals surface area contributed by atoms with E-state index in [0.717, 1.165) is 40.1 Å². The van der Waals surface area contributed by atoms with Crippen molar-refractivity contribution in [3.05, 3.63) is 41.2 Å². The molecule has 0 radical (unpaired) electrons. The van der Waals surface area contributed by atoms with Crippen LogP contribution in [0.25, 0.3) is 11.1 Å².